The van der Waals surface area contributed by atoms with Crippen LogP contribution in [0.4, 0.5) is 13.2 Å². The second kappa shape index (κ2) is 4.36. The van der Waals surface area contributed by atoms with Crippen LogP contribution in [0.15, 0.2) is 18.2 Å². The Morgan fingerprint density at radius 3 is 2.44 bits per heavy atom. The van der Waals surface area contributed by atoms with E-state index < -0.39 is 12.8 Å². The Morgan fingerprint density at radius 1 is 1.06 bits per heavy atom. The molecule has 1 aromatic carbocycles. The molecule has 0 saturated heterocycles. The highest BCUT2D eigenvalue weighted by molar-refractivity contribution is 5.37. The van der Waals surface area contributed by atoms with Crippen molar-refractivity contribution in [1.82, 2.24) is 0 Å². The minimum atomic E-state index is -4.27. The van der Waals surface area contributed by atoms with Gasteiger partial charge < -0.3 is 4.74 Å². The summed E-state index contributed by atoms with van der Waals surface area (Å²) in [6.07, 6.45) is -0.0329. The molecular weight excluding hydrogens is 217 g/mol. The molecule has 0 unspecified atom stereocenters. The van der Waals surface area contributed by atoms with Crippen molar-refractivity contribution in [1.29, 1.82) is 0 Å². The maximum absolute atomic E-state index is 12.0. The average molecular weight is 230 g/mol. The third-order valence-electron chi connectivity index (χ3n) is 2.72. The van der Waals surface area contributed by atoms with Crippen LogP contribution in [-0.2, 0) is 12.8 Å². The van der Waals surface area contributed by atoms with Crippen LogP contribution < -0.4 is 4.74 Å². The average Bonchev–Trinajstić information content (AvgIpc) is 2.25. The van der Waals surface area contributed by atoms with Gasteiger partial charge in [0.15, 0.2) is 6.61 Å². The number of ether oxygens (including phenoxy) is 1. The minimum absolute atomic E-state index is 0.318. The van der Waals surface area contributed by atoms with Gasteiger partial charge in [-0.15, -0.1) is 0 Å². The largest absolute Gasteiger partial charge is 0.484 e. The van der Waals surface area contributed by atoms with E-state index in [0.29, 0.717) is 5.75 Å². The fourth-order valence-electron chi connectivity index (χ4n) is 1.96. The number of alkyl halides is 3. The lowest BCUT2D eigenvalue weighted by molar-refractivity contribution is -0.153. The molecule has 0 radical (unpaired) electrons. The van der Waals surface area contributed by atoms with Crippen LogP contribution in [0.5, 0.6) is 5.75 Å². The number of hydrogen-bond donors (Lipinski definition) is 0. The molecule has 0 N–H and O–H groups in total. The zero-order chi connectivity index (χ0) is 11.6. The molecule has 4 heteroatoms. The maximum atomic E-state index is 12.0. The van der Waals surface area contributed by atoms with Gasteiger partial charge in [0.05, 0.1) is 0 Å². The molecule has 0 saturated carbocycles. The Morgan fingerprint density at radius 2 is 1.75 bits per heavy atom. The molecule has 1 nitrogen and oxygen atoms in total. The van der Waals surface area contributed by atoms with Crippen molar-refractivity contribution >= 4 is 0 Å². The second-order valence-corrected chi connectivity index (χ2v) is 4.04. The van der Waals surface area contributed by atoms with E-state index in [0.717, 1.165) is 31.2 Å². The first kappa shape index (κ1) is 11.3. The Labute approximate surface area is 92.2 Å². The van der Waals surface area contributed by atoms with E-state index in [1.807, 2.05) is 6.07 Å². The number of aryl methyl sites for hydroxylation is 2. The molecule has 16 heavy (non-hydrogen) atoms. The number of halogens is 3. The summed E-state index contributed by atoms with van der Waals surface area (Å²) in [5.41, 5.74) is 2.37. The fourth-order valence-corrected chi connectivity index (χ4v) is 1.96. The Balaban J connectivity index is 2.06. The lowest BCUT2D eigenvalue weighted by atomic mass is 9.92. The molecule has 0 bridgehead atoms. The predicted molar refractivity (Wildman–Crippen MR) is 54.6 cm³/mol. The quantitative estimate of drug-likeness (QED) is 0.755. The predicted octanol–water partition coefficient (Wildman–Crippen LogP) is 3.51. The monoisotopic (exact) mass is 230 g/mol. The van der Waals surface area contributed by atoms with Gasteiger partial charge in [-0.05, 0) is 48.9 Å². The summed E-state index contributed by atoms with van der Waals surface area (Å²) in [5.74, 6) is 0.318. The zero-order valence-electron chi connectivity index (χ0n) is 8.81. The third kappa shape index (κ3) is 2.90. The Hall–Kier alpha value is -1.19. The number of rotatable bonds is 2. The van der Waals surface area contributed by atoms with Crippen molar-refractivity contribution in [2.75, 3.05) is 6.61 Å². The first-order valence-corrected chi connectivity index (χ1v) is 5.36. The first-order chi connectivity index (χ1) is 7.54. The fraction of sp³-hybridized carbons (Fsp3) is 0.500. The van der Waals surface area contributed by atoms with Crippen molar-refractivity contribution in [2.45, 2.75) is 31.9 Å². The van der Waals surface area contributed by atoms with E-state index in [9.17, 15) is 13.2 Å². The van der Waals surface area contributed by atoms with Crippen LogP contribution >= 0.6 is 0 Å². The third-order valence-corrected chi connectivity index (χ3v) is 2.72. The molecule has 0 spiro atoms. The van der Waals surface area contributed by atoms with E-state index in [2.05, 4.69) is 0 Å². The molecule has 2 rings (SSSR count). The smallest absolute Gasteiger partial charge is 0.422 e. The molecule has 0 aliphatic heterocycles. The molecule has 0 heterocycles. The van der Waals surface area contributed by atoms with Gasteiger partial charge in [-0.1, -0.05) is 6.07 Å². The van der Waals surface area contributed by atoms with Crippen molar-refractivity contribution in [3.63, 3.8) is 0 Å². The van der Waals surface area contributed by atoms with Crippen LogP contribution in [0.25, 0.3) is 0 Å². The first-order valence-electron chi connectivity index (χ1n) is 5.36. The molecule has 1 aromatic rings. The van der Waals surface area contributed by atoms with Gasteiger partial charge in [0.1, 0.15) is 5.75 Å². The summed E-state index contributed by atoms with van der Waals surface area (Å²) in [4.78, 5) is 0. The highest BCUT2D eigenvalue weighted by Crippen LogP contribution is 2.26. The standard InChI is InChI=1S/C12H13F3O/c13-12(14,15)8-16-11-6-5-9-3-1-2-4-10(9)7-11/h5-7H,1-4,8H2. The molecule has 1 aliphatic rings. The van der Waals surface area contributed by atoms with E-state index >= 15 is 0 Å². The number of benzene rings is 1. The van der Waals surface area contributed by atoms with Crippen molar-refractivity contribution < 1.29 is 17.9 Å². The topological polar surface area (TPSA) is 9.23 Å². The number of hydrogen-bond acceptors (Lipinski definition) is 1. The van der Waals surface area contributed by atoms with Crippen molar-refractivity contribution in [3.05, 3.63) is 29.3 Å². The summed E-state index contributed by atoms with van der Waals surface area (Å²) >= 11 is 0. The summed E-state index contributed by atoms with van der Waals surface area (Å²) in [6.45, 7) is -1.22. The zero-order valence-corrected chi connectivity index (χ0v) is 8.81. The normalized spacial score (nSPS) is 15.7. The summed E-state index contributed by atoms with van der Waals surface area (Å²) in [7, 11) is 0. The van der Waals surface area contributed by atoms with Crippen LogP contribution in [0.1, 0.15) is 24.0 Å². The van der Waals surface area contributed by atoms with Gasteiger partial charge in [-0.3, -0.25) is 0 Å². The van der Waals surface area contributed by atoms with Crippen LogP contribution in [-0.4, -0.2) is 12.8 Å². The maximum Gasteiger partial charge on any atom is 0.422 e. The molecule has 0 amide bonds. The Kier molecular flexibility index (Phi) is 3.08. The molecule has 1 aliphatic carbocycles. The van der Waals surface area contributed by atoms with Crippen LogP contribution in [0.3, 0.4) is 0 Å². The summed E-state index contributed by atoms with van der Waals surface area (Å²) in [6, 6.07) is 5.23. The van der Waals surface area contributed by atoms with Gasteiger partial charge in [-0.2, -0.15) is 13.2 Å². The van der Waals surface area contributed by atoms with Gasteiger partial charge in [0.2, 0.25) is 0 Å². The SMILES string of the molecule is FC(F)(F)COc1ccc2c(c1)CCCC2. The van der Waals surface area contributed by atoms with Crippen molar-refractivity contribution in [2.24, 2.45) is 0 Å². The summed E-state index contributed by atoms with van der Waals surface area (Å²) in [5, 5.41) is 0. The molecule has 0 aromatic heterocycles. The lowest BCUT2D eigenvalue weighted by Crippen LogP contribution is -2.19. The van der Waals surface area contributed by atoms with Crippen LogP contribution in [0, 0.1) is 0 Å². The highest BCUT2D eigenvalue weighted by Gasteiger charge is 2.28. The van der Waals surface area contributed by atoms with Gasteiger partial charge >= 0.3 is 6.18 Å². The van der Waals surface area contributed by atoms with Gasteiger partial charge in [0.25, 0.3) is 0 Å². The van der Waals surface area contributed by atoms with E-state index in [1.165, 1.54) is 5.56 Å². The number of fused-ring (bicyclic) bond motifs is 1. The molecular formula is C12H13F3O. The summed E-state index contributed by atoms with van der Waals surface area (Å²) < 4.78 is 40.6. The van der Waals surface area contributed by atoms with Gasteiger partial charge in [0, 0.05) is 0 Å². The second-order valence-electron chi connectivity index (χ2n) is 4.04. The van der Waals surface area contributed by atoms with Crippen molar-refractivity contribution in [3.8, 4) is 5.75 Å². The lowest BCUT2D eigenvalue weighted by Gasteiger charge is -2.17. The van der Waals surface area contributed by atoms with Gasteiger partial charge in [-0.25, -0.2) is 0 Å². The highest BCUT2D eigenvalue weighted by atomic mass is 19.4. The molecule has 0 fully saturated rings. The minimum Gasteiger partial charge on any atom is -0.484 e. The molecule has 88 valence electrons. The van der Waals surface area contributed by atoms with E-state index in [4.69, 9.17) is 4.74 Å². The van der Waals surface area contributed by atoms with E-state index in [1.54, 1.807) is 12.1 Å². The van der Waals surface area contributed by atoms with E-state index in [-0.39, 0.29) is 0 Å². The van der Waals surface area contributed by atoms with Crippen LogP contribution in [0.2, 0.25) is 0 Å². The molecule has 0 atom stereocenters. The Bertz CT molecular complexity index is 371.